The molecule has 3 heteroatoms. The number of likely N-dealkylation sites (tertiary alicyclic amines) is 1. The Balaban J connectivity index is 2.71. The van der Waals surface area contributed by atoms with Crippen molar-refractivity contribution in [3.63, 3.8) is 0 Å². The highest BCUT2D eigenvalue weighted by Gasteiger charge is 2.35. The molecule has 1 rings (SSSR count). The molecule has 1 aliphatic heterocycles. The van der Waals surface area contributed by atoms with Gasteiger partial charge in [-0.05, 0) is 25.2 Å². The molecule has 0 aromatic rings. The van der Waals surface area contributed by atoms with Crippen LogP contribution in [-0.4, -0.2) is 35.5 Å². The van der Waals surface area contributed by atoms with E-state index in [9.17, 15) is 4.79 Å². The Bertz CT molecular complexity index is 268. The standard InChI is InChI=1S/C14H28N2O/c1-10(2)15-12-8-7-9-16(13(12)17)11(3)14(4,5)6/h10-12,15H,7-9H2,1-6H3. The lowest BCUT2D eigenvalue weighted by Crippen LogP contribution is -2.57. The smallest absolute Gasteiger partial charge is 0.239 e. The molecular formula is C14H28N2O. The zero-order valence-electron chi connectivity index (χ0n) is 12.2. The first-order valence-electron chi connectivity index (χ1n) is 6.80. The molecule has 0 aromatic carbocycles. The number of nitrogens with one attached hydrogen (secondary N) is 1. The minimum atomic E-state index is 0.0218. The maximum Gasteiger partial charge on any atom is 0.239 e. The Morgan fingerprint density at radius 1 is 1.29 bits per heavy atom. The molecule has 1 aliphatic rings. The zero-order chi connectivity index (χ0) is 13.2. The Hall–Kier alpha value is -0.570. The predicted molar refractivity (Wildman–Crippen MR) is 71.9 cm³/mol. The SMILES string of the molecule is CC(C)NC1CCCN(C(C)C(C)(C)C)C1=O. The molecule has 0 aliphatic carbocycles. The number of hydrogen-bond donors (Lipinski definition) is 1. The number of nitrogens with zero attached hydrogens (tertiary/aromatic N) is 1. The highest BCUT2D eigenvalue weighted by atomic mass is 16.2. The van der Waals surface area contributed by atoms with Crippen molar-refractivity contribution in [2.45, 2.75) is 72.5 Å². The molecule has 1 saturated heterocycles. The maximum atomic E-state index is 12.4. The van der Waals surface area contributed by atoms with Gasteiger partial charge in [-0.15, -0.1) is 0 Å². The van der Waals surface area contributed by atoms with Gasteiger partial charge in [0.2, 0.25) is 5.91 Å². The predicted octanol–water partition coefficient (Wildman–Crippen LogP) is 2.41. The van der Waals surface area contributed by atoms with Crippen LogP contribution in [0, 0.1) is 5.41 Å². The van der Waals surface area contributed by atoms with Crippen molar-refractivity contribution in [3.05, 3.63) is 0 Å². The second-order valence-corrected chi connectivity index (χ2v) is 6.59. The number of rotatable bonds is 3. The fourth-order valence-corrected chi connectivity index (χ4v) is 2.31. The molecule has 1 heterocycles. The normalized spacial score (nSPS) is 24.3. The van der Waals surface area contributed by atoms with E-state index in [2.05, 4.69) is 51.8 Å². The minimum Gasteiger partial charge on any atom is -0.338 e. The van der Waals surface area contributed by atoms with Crippen LogP contribution in [0.2, 0.25) is 0 Å². The Morgan fingerprint density at radius 3 is 2.35 bits per heavy atom. The summed E-state index contributed by atoms with van der Waals surface area (Å²) < 4.78 is 0. The molecular weight excluding hydrogens is 212 g/mol. The summed E-state index contributed by atoms with van der Waals surface area (Å²) in [4.78, 5) is 14.5. The topological polar surface area (TPSA) is 32.3 Å². The molecule has 1 N–H and O–H groups in total. The van der Waals surface area contributed by atoms with Gasteiger partial charge in [-0.25, -0.2) is 0 Å². The minimum absolute atomic E-state index is 0.0218. The van der Waals surface area contributed by atoms with Crippen LogP contribution in [0.1, 0.15) is 54.4 Å². The summed E-state index contributed by atoms with van der Waals surface area (Å²) in [7, 11) is 0. The van der Waals surface area contributed by atoms with Crippen molar-refractivity contribution in [2.24, 2.45) is 5.41 Å². The molecule has 1 fully saturated rings. The average Bonchev–Trinajstić information content (AvgIpc) is 2.18. The van der Waals surface area contributed by atoms with E-state index in [0.29, 0.717) is 12.1 Å². The summed E-state index contributed by atoms with van der Waals surface area (Å²) in [6.45, 7) is 13.9. The molecule has 2 atom stereocenters. The second kappa shape index (κ2) is 5.38. The molecule has 0 spiro atoms. The van der Waals surface area contributed by atoms with E-state index in [0.717, 1.165) is 19.4 Å². The fraction of sp³-hybridized carbons (Fsp3) is 0.929. The van der Waals surface area contributed by atoms with Gasteiger partial charge in [0.15, 0.2) is 0 Å². The third-order valence-corrected chi connectivity index (χ3v) is 3.73. The van der Waals surface area contributed by atoms with Crippen LogP contribution in [0.4, 0.5) is 0 Å². The van der Waals surface area contributed by atoms with Crippen molar-refractivity contribution in [1.29, 1.82) is 0 Å². The van der Waals surface area contributed by atoms with Gasteiger partial charge in [-0.2, -0.15) is 0 Å². The van der Waals surface area contributed by atoms with Crippen LogP contribution in [-0.2, 0) is 4.79 Å². The third kappa shape index (κ3) is 3.70. The van der Waals surface area contributed by atoms with Gasteiger partial charge in [-0.1, -0.05) is 34.6 Å². The number of carbonyl (C=O) groups excluding carboxylic acids is 1. The van der Waals surface area contributed by atoms with Crippen LogP contribution in [0.15, 0.2) is 0 Å². The van der Waals surface area contributed by atoms with E-state index in [1.54, 1.807) is 0 Å². The van der Waals surface area contributed by atoms with Gasteiger partial charge in [0.25, 0.3) is 0 Å². The van der Waals surface area contributed by atoms with E-state index in [-0.39, 0.29) is 17.4 Å². The van der Waals surface area contributed by atoms with Crippen molar-refractivity contribution >= 4 is 5.91 Å². The molecule has 1 amide bonds. The largest absolute Gasteiger partial charge is 0.338 e. The summed E-state index contributed by atoms with van der Waals surface area (Å²) in [5.41, 5.74) is 0.148. The monoisotopic (exact) mass is 240 g/mol. The summed E-state index contributed by atoms with van der Waals surface area (Å²) in [5, 5.41) is 3.38. The number of amides is 1. The van der Waals surface area contributed by atoms with Crippen LogP contribution in [0.5, 0.6) is 0 Å². The number of piperidine rings is 1. The van der Waals surface area contributed by atoms with Gasteiger partial charge < -0.3 is 10.2 Å². The lowest BCUT2D eigenvalue weighted by molar-refractivity contribution is -0.140. The van der Waals surface area contributed by atoms with Crippen molar-refractivity contribution in [3.8, 4) is 0 Å². The molecule has 17 heavy (non-hydrogen) atoms. The maximum absolute atomic E-state index is 12.4. The van der Waals surface area contributed by atoms with E-state index < -0.39 is 0 Å². The van der Waals surface area contributed by atoms with Gasteiger partial charge in [0, 0.05) is 18.6 Å². The first-order valence-corrected chi connectivity index (χ1v) is 6.80. The van der Waals surface area contributed by atoms with E-state index in [1.165, 1.54) is 0 Å². The van der Waals surface area contributed by atoms with Crippen LogP contribution < -0.4 is 5.32 Å². The van der Waals surface area contributed by atoms with E-state index >= 15 is 0 Å². The molecule has 2 unspecified atom stereocenters. The third-order valence-electron chi connectivity index (χ3n) is 3.73. The lowest BCUT2D eigenvalue weighted by Gasteiger charge is -2.42. The Labute approximate surface area is 106 Å². The summed E-state index contributed by atoms with van der Waals surface area (Å²) in [6.07, 6.45) is 2.08. The Morgan fingerprint density at radius 2 is 1.88 bits per heavy atom. The summed E-state index contributed by atoms with van der Waals surface area (Å²) >= 11 is 0. The lowest BCUT2D eigenvalue weighted by atomic mass is 9.85. The summed E-state index contributed by atoms with van der Waals surface area (Å²) in [6, 6.07) is 0.689. The molecule has 0 saturated carbocycles. The quantitative estimate of drug-likeness (QED) is 0.821. The van der Waals surface area contributed by atoms with E-state index in [1.807, 2.05) is 0 Å². The average molecular weight is 240 g/mol. The van der Waals surface area contributed by atoms with Gasteiger partial charge >= 0.3 is 0 Å². The molecule has 0 aromatic heterocycles. The van der Waals surface area contributed by atoms with Gasteiger partial charge in [-0.3, -0.25) is 4.79 Å². The van der Waals surface area contributed by atoms with Crippen LogP contribution in [0.3, 0.4) is 0 Å². The highest BCUT2D eigenvalue weighted by molar-refractivity contribution is 5.83. The van der Waals surface area contributed by atoms with Crippen molar-refractivity contribution in [2.75, 3.05) is 6.54 Å². The van der Waals surface area contributed by atoms with Crippen molar-refractivity contribution in [1.82, 2.24) is 10.2 Å². The van der Waals surface area contributed by atoms with Crippen LogP contribution >= 0.6 is 0 Å². The molecule has 0 bridgehead atoms. The highest BCUT2D eigenvalue weighted by Crippen LogP contribution is 2.27. The number of carbonyl (C=O) groups is 1. The molecule has 3 nitrogen and oxygen atoms in total. The first kappa shape index (κ1) is 14.5. The zero-order valence-corrected chi connectivity index (χ0v) is 12.2. The van der Waals surface area contributed by atoms with Gasteiger partial charge in [0.05, 0.1) is 6.04 Å². The van der Waals surface area contributed by atoms with Gasteiger partial charge in [0.1, 0.15) is 0 Å². The number of hydrogen-bond acceptors (Lipinski definition) is 2. The molecule has 0 radical (unpaired) electrons. The van der Waals surface area contributed by atoms with Crippen LogP contribution in [0.25, 0.3) is 0 Å². The fourth-order valence-electron chi connectivity index (χ4n) is 2.31. The van der Waals surface area contributed by atoms with E-state index in [4.69, 9.17) is 0 Å². The second-order valence-electron chi connectivity index (χ2n) is 6.59. The first-order chi connectivity index (χ1) is 7.73. The Kier molecular flexibility index (Phi) is 4.59. The summed E-state index contributed by atoms with van der Waals surface area (Å²) in [5.74, 6) is 0.285. The van der Waals surface area contributed by atoms with Crippen molar-refractivity contribution < 1.29 is 4.79 Å². The molecule has 100 valence electrons.